The summed E-state index contributed by atoms with van der Waals surface area (Å²) >= 11 is 3.36. The number of methoxy groups -OCH3 is 1. The van der Waals surface area contributed by atoms with Crippen LogP contribution in [-0.2, 0) is 9.53 Å². The molecule has 6 heteroatoms. The van der Waals surface area contributed by atoms with Crippen molar-refractivity contribution in [3.8, 4) is 5.75 Å². The summed E-state index contributed by atoms with van der Waals surface area (Å²) in [5.41, 5.74) is 0.945. The maximum atomic E-state index is 13.7. The molecule has 23 heavy (non-hydrogen) atoms. The number of hydrogen-bond acceptors (Lipinski definition) is 4. The van der Waals surface area contributed by atoms with E-state index >= 15 is 0 Å². The summed E-state index contributed by atoms with van der Waals surface area (Å²) in [6.45, 7) is 0. The first kappa shape index (κ1) is 15.4. The van der Waals surface area contributed by atoms with Gasteiger partial charge < -0.3 is 9.47 Å². The molecular weight excluding hydrogens is 365 g/mol. The molecule has 0 amide bonds. The van der Waals surface area contributed by atoms with Gasteiger partial charge in [0, 0.05) is 11.1 Å². The van der Waals surface area contributed by atoms with Crippen LogP contribution in [0.4, 0.5) is 4.39 Å². The molecule has 1 aliphatic rings. The van der Waals surface area contributed by atoms with Gasteiger partial charge in [-0.15, -0.1) is 0 Å². The Bertz CT molecular complexity index is 845. The molecule has 2 aromatic rings. The van der Waals surface area contributed by atoms with E-state index in [0.717, 1.165) is 0 Å². The summed E-state index contributed by atoms with van der Waals surface area (Å²) in [5, 5.41) is 0. The topological polar surface area (TPSA) is 47.9 Å². The van der Waals surface area contributed by atoms with E-state index in [-0.39, 0.29) is 17.2 Å². The molecule has 4 nitrogen and oxygen atoms in total. The van der Waals surface area contributed by atoms with Gasteiger partial charge in [-0.05, 0) is 46.3 Å². The van der Waals surface area contributed by atoms with Gasteiger partial charge in [0.15, 0.2) is 5.70 Å². The molecule has 2 aromatic carbocycles. The number of halogens is 2. The molecule has 1 heterocycles. The second-order valence-corrected chi connectivity index (χ2v) is 5.56. The van der Waals surface area contributed by atoms with Crippen LogP contribution in [0.2, 0.25) is 0 Å². The Kier molecular flexibility index (Phi) is 4.25. The quantitative estimate of drug-likeness (QED) is 0.602. The number of nitrogens with zero attached hydrogens (tertiary/aromatic N) is 1. The van der Waals surface area contributed by atoms with E-state index in [4.69, 9.17) is 9.47 Å². The Morgan fingerprint density at radius 1 is 1.26 bits per heavy atom. The van der Waals surface area contributed by atoms with Gasteiger partial charge in [0.05, 0.1) is 11.6 Å². The second kappa shape index (κ2) is 6.34. The van der Waals surface area contributed by atoms with Crippen molar-refractivity contribution in [2.24, 2.45) is 4.99 Å². The van der Waals surface area contributed by atoms with Gasteiger partial charge in [-0.25, -0.2) is 14.2 Å². The van der Waals surface area contributed by atoms with Gasteiger partial charge in [-0.2, -0.15) is 0 Å². The number of ether oxygens (including phenoxy) is 2. The third-order valence-electron chi connectivity index (χ3n) is 3.22. The Morgan fingerprint density at radius 3 is 2.74 bits per heavy atom. The normalized spacial score (nSPS) is 15.5. The average molecular weight is 376 g/mol. The van der Waals surface area contributed by atoms with Gasteiger partial charge in [0.2, 0.25) is 5.90 Å². The predicted molar refractivity (Wildman–Crippen MR) is 87.7 cm³/mol. The molecule has 0 saturated carbocycles. The molecule has 1 aliphatic heterocycles. The third kappa shape index (κ3) is 3.17. The fraction of sp³-hybridized carbons (Fsp3) is 0.0588. The van der Waals surface area contributed by atoms with Crippen molar-refractivity contribution in [3.05, 3.63) is 69.6 Å². The highest BCUT2D eigenvalue weighted by molar-refractivity contribution is 9.10. The third-order valence-corrected chi connectivity index (χ3v) is 3.84. The largest absolute Gasteiger partial charge is 0.496 e. The lowest BCUT2D eigenvalue weighted by Crippen LogP contribution is -2.05. The van der Waals surface area contributed by atoms with E-state index in [2.05, 4.69) is 20.9 Å². The standard InChI is InChI=1S/C17H11BrFNO3/c1-22-15-7-6-11(8-12(15)18)16-20-14(17(21)23-16)9-10-4-2-3-5-13(10)19/h2-9H,1H3/b14-9-. The van der Waals surface area contributed by atoms with Gasteiger partial charge in [-0.1, -0.05) is 18.2 Å². The van der Waals surface area contributed by atoms with E-state index < -0.39 is 11.8 Å². The van der Waals surface area contributed by atoms with Crippen molar-refractivity contribution >= 4 is 33.9 Å². The molecule has 0 spiro atoms. The number of aliphatic imine (C=N–C) groups is 1. The lowest BCUT2D eigenvalue weighted by Gasteiger charge is -2.05. The fourth-order valence-corrected chi connectivity index (χ4v) is 2.61. The van der Waals surface area contributed by atoms with Crippen molar-refractivity contribution in [2.75, 3.05) is 7.11 Å². The average Bonchev–Trinajstić information content (AvgIpc) is 2.90. The zero-order chi connectivity index (χ0) is 16.4. The Morgan fingerprint density at radius 2 is 2.04 bits per heavy atom. The van der Waals surface area contributed by atoms with E-state index in [1.165, 1.54) is 12.1 Å². The van der Waals surface area contributed by atoms with Crippen LogP contribution in [0.15, 0.2) is 57.6 Å². The minimum Gasteiger partial charge on any atom is -0.496 e. The first-order valence-corrected chi connectivity index (χ1v) is 7.49. The van der Waals surface area contributed by atoms with Crippen molar-refractivity contribution in [3.63, 3.8) is 0 Å². The van der Waals surface area contributed by atoms with Crippen LogP contribution in [0.1, 0.15) is 11.1 Å². The van der Waals surface area contributed by atoms with Crippen molar-refractivity contribution in [1.82, 2.24) is 0 Å². The summed E-state index contributed by atoms with van der Waals surface area (Å²) in [5.74, 6) is -0.222. The molecule has 0 aromatic heterocycles. The first-order chi connectivity index (χ1) is 11.1. The number of cyclic esters (lactones) is 1. The summed E-state index contributed by atoms with van der Waals surface area (Å²) in [7, 11) is 1.56. The van der Waals surface area contributed by atoms with Crippen LogP contribution in [0.5, 0.6) is 5.75 Å². The minimum atomic E-state index is -0.616. The van der Waals surface area contributed by atoms with Crippen LogP contribution in [0.25, 0.3) is 6.08 Å². The number of carbonyl (C=O) groups is 1. The molecule has 0 unspecified atom stereocenters. The molecule has 0 radical (unpaired) electrons. The van der Waals surface area contributed by atoms with Crippen LogP contribution < -0.4 is 4.74 Å². The SMILES string of the molecule is COc1ccc(C2=N/C(=C\c3ccccc3F)C(=O)O2)cc1Br. The monoisotopic (exact) mass is 375 g/mol. The highest BCUT2D eigenvalue weighted by atomic mass is 79.9. The van der Waals surface area contributed by atoms with Crippen LogP contribution >= 0.6 is 15.9 Å². The maximum absolute atomic E-state index is 13.7. The van der Waals surface area contributed by atoms with Crippen LogP contribution in [0.3, 0.4) is 0 Å². The highest BCUT2D eigenvalue weighted by Crippen LogP contribution is 2.28. The van der Waals surface area contributed by atoms with Crippen molar-refractivity contribution in [1.29, 1.82) is 0 Å². The molecule has 0 aliphatic carbocycles. The molecule has 0 atom stereocenters. The number of benzene rings is 2. The Balaban J connectivity index is 1.96. The highest BCUT2D eigenvalue weighted by Gasteiger charge is 2.25. The van der Waals surface area contributed by atoms with Crippen molar-refractivity contribution in [2.45, 2.75) is 0 Å². The van der Waals surface area contributed by atoms with Gasteiger partial charge in [0.25, 0.3) is 0 Å². The first-order valence-electron chi connectivity index (χ1n) is 6.69. The Hall–Kier alpha value is -2.47. The maximum Gasteiger partial charge on any atom is 0.363 e. The summed E-state index contributed by atoms with van der Waals surface area (Å²) in [6, 6.07) is 11.3. The summed E-state index contributed by atoms with van der Waals surface area (Å²) < 4.78 is 24.7. The molecule has 0 N–H and O–H groups in total. The van der Waals surface area contributed by atoms with Gasteiger partial charge in [0.1, 0.15) is 11.6 Å². The number of carbonyl (C=O) groups excluding carboxylic acids is 1. The summed E-state index contributed by atoms with van der Waals surface area (Å²) in [4.78, 5) is 16.1. The minimum absolute atomic E-state index is 0.0528. The van der Waals surface area contributed by atoms with Crippen molar-refractivity contribution < 1.29 is 18.7 Å². The number of rotatable bonds is 3. The van der Waals surface area contributed by atoms with E-state index in [1.54, 1.807) is 43.5 Å². The zero-order valence-corrected chi connectivity index (χ0v) is 13.6. The lowest BCUT2D eigenvalue weighted by atomic mass is 10.2. The molecule has 0 fully saturated rings. The van der Waals surface area contributed by atoms with E-state index in [1.807, 2.05) is 0 Å². The van der Waals surface area contributed by atoms with E-state index in [0.29, 0.717) is 15.8 Å². The lowest BCUT2D eigenvalue weighted by molar-refractivity contribution is -0.129. The fourth-order valence-electron chi connectivity index (χ4n) is 2.07. The Labute approximate surface area is 140 Å². The van der Waals surface area contributed by atoms with Gasteiger partial charge in [-0.3, -0.25) is 0 Å². The predicted octanol–water partition coefficient (Wildman–Crippen LogP) is 3.94. The summed E-state index contributed by atoms with van der Waals surface area (Å²) in [6.07, 6.45) is 1.36. The van der Waals surface area contributed by atoms with E-state index in [9.17, 15) is 9.18 Å². The van der Waals surface area contributed by atoms with Crippen LogP contribution in [0, 0.1) is 5.82 Å². The smallest absolute Gasteiger partial charge is 0.363 e. The van der Waals surface area contributed by atoms with Gasteiger partial charge >= 0.3 is 5.97 Å². The second-order valence-electron chi connectivity index (χ2n) is 4.71. The number of esters is 1. The molecule has 3 rings (SSSR count). The molecule has 0 bridgehead atoms. The zero-order valence-electron chi connectivity index (χ0n) is 12.0. The molecule has 0 saturated heterocycles. The van der Waals surface area contributed by atoms with Crippen LogP contribution in [-0.4, -0.2) is 19.0 Å². The molecular formula is C17H11BrFNO3. The molecule has 116 valence electrons. The number of hydrogen-bond donors (Lipinski definition) is 0.